The zero-order valence-corrected chi connectivity index (χ0v) is 17.3. The minimum atomic E-state index is -0.459. The monoisotopic (exact) mass is 437 g/mol. The number of amides is 1. The second-order valence-corrected chi connectivity index (χ2v) is 8.12. The first-order valence-electron chi connectivity index (χ1n) is 9.13. The number of nitrogens with zero attached hydrogens (tertiary/aromatic N) is 3. The fraction of sp³-hybridized carbons (Fsp3) is 0.0909. The predicted octanol–water partition coefficient (Wildman–Crippen LogP) is 5.63. The van der Waals surface area contributed by atoms with Crippen molar-refractivity contribution in [2.24, 2.45) is 0 Å². The van der Waals surface area contributed by atoms with E-state index in [1.165, 1.54) is 23.5 Å². The number of rotatable bonds is 6. The molecule has 1 heterocycles. The number of nitro benzene ring substituents is 1. The van der Waals surface area contributed by atoms with E-state index in [-0.39, 0.29) is 18.0 Å². The molecule has 4 rings (SSSR count). The van der Waals surface area contributed by atoms with Crippen LogP contribution in [-0.2, 0) is 17.8 Å². The summed E-state index contributed by atoms with van der Waals surface area (Å²) in [6, 6.07) is 21.1. The van der Waals surface area contributed by atoms with E-state index in [1.807, 2.05) is 42.5 Å². The zero-order chi connectivity index (χ0) is 21.1. The van der Waals surface area contributed by atoms with Gasteiger partial charge in [0, 0.05) is 17.2 Å². The van der Waals surface area contributed by atoms with Crippen LogP contribution in [0.4, 0.5) is 10.8 Å². The average Bonchev–Trinajstić information content (AvgIpc) is 3.15. The Kier molecular flexibility index (Phi) is 5.74. The molecule has 0 unspecified atom stereocenters. The number of thiazole rings is 1. The average molecular weight is 438 g/mol. The van der Waals surface area contributed by atoms with Gasteiger partial charge in [0.15, 0.2) is 5.13 Å². The zero-order valence-electron chi connectivity index (χ0n) is 15.7. The number of hydrogen-bond donors (Lipinski definition) is 0. The highest BCUT2D eigenvalue weighted by atomic mass is 35.5. The molecule has 0 fully saturated rings. The van der Waals surface area contributed by atoms with Crippen LogP contribution in [0.3, 0.4) is 0 Å². The summed E-state index contributed by atoms with van der Waals surface area (Å²) in [5, 5.41) is 12.1. The van der Waals surface area contributed by atoms with Gasteiger partial charge in [-0.15, -0.1) is 0 Å². The van der Waals surface area contributed by atoms with Crippen LogP contribution in [0.5, 0.6) is 0 Å². The third-order valence-corrected chi connectivity index (χ3v) is 5.83. The fourth-order valence-corrected chi connectivity index (χ4v) is 4.29. The first-order chi connectivity index (χ1) is 14.5. The number of halogens is 1. The molecule has 0 aliphatic rings. The summed E-state index contributed by atoms with van der Waals surface area (Å²) in [4.78, 5) is 29.9. The van der Waals surface area contributed by atoms with Crippen LogP contribution < -0.4 is 4.90 Å². The van der Waals surface area contributed by atoms with Gasteiger partial charge in [-0.05, 0) is 29.3 Å². The summed E-state index contributed by atoms with van der Waals surface area (Å²) in [5.41, 5.74) is 2.45. The molecule has 4 aromatic rings. The van der Waals surface area contributed by atoms with Gasteiger partial charge in [0.1, 0.15) is 0 Å². The smallest absolute Gasteiger partial charge is 0.269 e. The van der Waals surface area contributed by atoms with E-state index in [2.05, 4.69) is 4.98 Å². The van der Waals surface area contributed by atoms with Crippen molar-refractivity contribution in [3.8, 4) is 0 Å². The number of anilines is 1. The SMILES string of the molecule is O=C(Cc1ccc([N+](=O)[O-])cc1)N(Cc1ccccc1)c1nc2ccc(Cl)cc2s1. The lowest BCUT2D eigenvalue weighted by Gasteiger charge is -2.20. The second kappa shape index (κ2) is 8.61. The molecule has 1 amide bonds. The third-order valence-electron chi connectivity index (χ3n) is 4.56. The Morgan fingerprint density at radius 1 is 1.03 bits per heavy atom. The Hall–Kier alpha value is -3.29. The van der Waals surface area contributed by atoms with Crippen molar-refractivity contribution < 1.29 is 9.72 Å². The molecule has 6 nitrogen and oxygen atoms in total. The van der Waals surface area contributed by atoms with Crippen LogP contribution in [0.25, 0.3) is 10.2 Å². The van der Waals surface area contributed by atoms with E-state index in [0.29, 0.717) is 22.3 Å². The van der Waals surface area contributed by atoms with E-state index in [4.69, 9.17) is 11.6 Å². The van der Waals surface area contributed by atoms with E-state index in [9.17, 15) is 14.9 Å². The van der Waals surface area contributed by atoms with Crippen molar-refractivity contribution in [1.29, 1.82) is 0 Å². The third kappa shape index (κ3) is 4.48. The minimum absolute atomic E-state index is 0.00427. The number of carbonyl (C=O) groups is 1. The molecule has 0 bridgehead atoms. The molecule has 0 aliphatic carbocycles. The van der Waals surface area contributed by atoms with Gasteiger partial charge in [-0.2, -0.15) is 0 Å². The molecule has 0 saturated carbocycles. The molecule has 8 heteroatoms. The van der Waals surface area contributed by atoms with Gasteiger partial charge in [-0.1, -0.05) is 65.4 Å². The van der Waals surface area contributed by atoms with Crippen LogP contribution in [0.15, 0.2) is 72.8 Å². The number of aromatic nitrogens is 1. The lowest BCUT2D eigenvalue weighted by molar-refractivity contribution is -0.384. The van der Waals surface area contributed by atoms with Crippen LogP contribution in [0, 0.1) is 10.1 Å². The molecule has 0 atom stereocenters. The Bertz CT molecular complexity index is 1210. The quantitative estimate of drug-likeness (QED) is 0.289. The first kappa shape index (κ1) is 20.0. The number of carbonyl (C=O) groups excluding carboxylic acids is 1. The van der Waals surface area contributed by atoms with E-state index >= 15 is 0 Å². The lowest BCUT2D eigenvalue weighted by Crippen LogP contribution is -2.31. The number of hydrogen-bond acceptors (Lipinski definition) is 5. The Balaban J connectivity index is 1.65. The first-order valence-corrected chi connectivity index (χ1v) is 10.3. The summed E-state index contributed by atoms with van der Waals surface area (Å²) in [6.07, 6.45) is 0.113. The maximum Gasteiger partial charge on any atom is 0.269 e. The van der Waals surface area contributed by atoms with Gasteiger partial charge in [-0.3, -0.25) is 19.8 Å². The minimum Gasteiger partial charge on any atom is -0.283 e. The van der Waals surface area contributed by atoms with Gasteiger partial charge >= 0.3 is 0 Å². The predicted molar refractivity (Wildman–Crippen MR) is 119 cm³/mol. The van der Waals surface area contributed by atoms with Crippen molar-refractivity contribution in [2.45, 2.75) is 13.0 Å². The molecular formula is C22H16ClN3O3S. The van der Waals surface area contributed by atoms with Crippen molar-refractivity contribution in [1.82, 2.24) is 4.98 Å². The molecule has 1 aromatic heterocycles. The van der Waals surface area contributed by atoms with E-state index in [1.54, 1.807) is 23.1 Å². The molecule has 3 aromatic carbocycles. The highest BCUT2D eigenvalue weighted by Gasteiger charge is 2.21. The van der Waals surface area contributed by atoms with Crippen LogP contribution in [0.2, 0.25) is 5.02 Å². The molecule has 0 spiro atoms. The summed E-state index contributed by atoms with van der Waals surface area (Å²) in [6.45, 7) is 0.375. The largest absolute Gasteiger partial charge is 0.283 e. The normalized spacial score (nSPS) is 10.8. The topological polar surface area (TPSA) is 76.3 Å². The molecule has 30 heavy (non-hydrogen) atoms. The molecule has 150 valence electrons. The fourth-order valence-electron chi connectivity index (χ4n) is 3.04. The van der Waals surface area contributed by atoms with Crippen molar-refractivity contribution in [2.75, 3.05) is 4.90 Å². The lowest BCUT2D eigenvalue weighted by atomic mass is 10.1. The highest BCUT2D eigenvalue weighted by Crippen LogP contribution is 2.32. The number of fused-ring (bicyclic) bond motifs is 1. The highest BCUT2D eigenvalue weighted by molar-refractivity contribution is 7.22. The maximum atomic E-state index is 13.2. The molecule has 0 radical (unpaired) electrons. The van der Waals surface area contributed by atoms with Gasteiger partial charge < -0.3 is 0 Å². The summed E-state index contributed by atoms with van der Waals surface area (Å²) < 4.78 is 0.902. The van der Waals surface area contributed by atoms with Crippen molar-refractivity contribution in [3.05, 3.63) is 99.1 Å². The standard InChI is InChI=1S/C22H16ClN3O3S/c23-17-8-11-19-20(13-17)30-22(24-19)25(14-16-4-2-1-3-5-16)21(27)12-15-6-9-18(10-7-15)26(28)29/h1-11,13H,12,14H2. The maximum absolute atomic E-state index is 13.2. The Labute approximate surface area is 181 Å². The van der Waals surface area contributed by atoms with E-state index in [0.717, 1.165) is 15.8 Å². The summed E-state index contributed by atoms with van der Waals surface area (Å²) >= 11 is 7.50. The number of nitro groups is 1. The van der Waals surface area contributed by atoms with Crippen molar-refractivity contribution in [3.63, 3.8) is 0 Å². The molecule has 0 N–H and O–H groups in total. The van der Waals surface area contributed by atoms with E-state index < -0.39 is 4.92 Å². The van der Waals surface area contributed by atoms with Crippen LogP contribution in [-0.4, -0.2) is 15.8 Å². The molecule has 0 aliphatic heterocycles. The van der Waals surface area contributed by atoms with Crippen molar-refractivity contribution >= 4 is 49.9 Å². The van der Waals surface area contributed by atoms with Crippen LogP contribution >= 0.6 is 22.9 Å². The van der Waals surface area contributed by atoms with Gasteiger partial charge in [0.05, 0.1) is 28.1 Å². The van der Waals surface area contributed by atoms with Gasteiger partial charge in [0.2, 0.25) is 5.91 Å². The number of benzene rings is 3. The summed E-state index contributed by atoms with van der Waals surface area (Å²) in [7, 11) is 0. The Morgan fingerprint density at radius 2 is 1.77 bits per heavy atom. The van der Waals surface area contributed by atoms with Crippen LogP contribution in [0.1, 0.15) is 11.1 Å². The van der Waals surface area contributed by atoms with Gasteiger partial charge in [0.25, 0.3) is 5.69 Å². The summed E-state index contributed by atoms with van der Waals surface area (Å²) in [5.74, 6) is -0.141. The van der Waals surface area contributed by atoms with Gasteiger partial charge in [-0.25, -0.2) is 4.98 Å². The Morgan fingerprint density at radius 3 is 2.47 bits per heavy atom. The molecule has 0 saturated heterocycles. The number of non-ortho nitro benzene ring substituents is 1. The second-order valence-electron chi connectivity index (χ2n) is 6.67. The molecular weight excluding hydrogens is 422 g/mol.